The Morgan fingerprint density at radius 1 is 1.25 bits per heavy atom. The third-order valence-electron chi connectivity index (χ3n) is 4.70. The van der Waals surface area contributed by atoms with Crippen LogP contribution < -0.4 is 21.9 Å². The van der Waals surface area contributed by atoms with E-state index in [9.17, 15) is 4.79 Å². The van der Waals surface area contributed by atoms with E-state index in [-0.39, 0.29) is 6.09 Å². The van der Waals surface area contributed by atoms with Crippen LogP contribution in [0.15, 0.2) is 22.8 Å². The second-order valence-electron chi connectivity index (χ2n) is 8.29. The lowest BCUT2D eigenvalue weighted by molar-refractivity contribution is -0.651. The molecule has 0 aromatic heterocycles. The highest BCUT2D eigenvalue weighted by Gasteiger charge is 2.22. The number of carbonyl (C=O) groups excluding carboxylic acids is 1. The van der Waals surface area contributed by atoms with E-state index >= 15 is 0 Å². The second kappa shape index (κ2) is 10.8. The van der Waals surface area contributed by atoms with Gasteiger partial charge in [-0.3, -0.25) is 4.90 Å². The molecule has 2 rings (SSSR count). The van der Waals surface area contributed by atoms with Crippen molar-refractivity contribution in [2.75, 3.05) is 39.3 Å². The van der Waals surface area contributed by atoms with Crippen molar-refractivity contribution < 1.29 is 15.0 Å². The predicted octanol–water partition coefficient (Wildman–Crippen LogP) is 0.979. The average molecular weight is 416 g/mol. The lowest BCUT2D eigenvalue weighted by Gasteiger charge is -2.37. The summed E-state index contributed by atoms with van der Waals surface area (Å²) in [6, 6.07) is 0. The Morgan fingerprint density at radius 3 is 2.61 bits per heavy atom. The Hall–Kier alpha value is -1.64. The molecule has 0 atom stereocenters. The standard InChI is InChI=1S/C19H35ClN6O2/c1-19(2,3)28-18(27)22-8-6-4-5-7-9-25-10-12-26(13-11-25)15-14-16(20)23-24-17(15)21/h14,23-24H,4-13,21H2,1-3H3,(H,22,27)/p+1. The van der Waals surface area contributed by atoms with E-state index in [1.807, 2.05) is 26.8 Å². The highest BCUT2D eigenvalue weighted by atomic mass is 35.5. The molecule has 0 bridgehead atoms. The molecule has 0 saturated carbocycles. The van der Waals surface area contributed by atoms with Gasteiger partial charge in [0.1, 0.15) is 5.60 Å². The topological polar surface area (TPSA) is 99.5 Å². The Morgan fingerprint density at radius 2 is 1.93 bits per heavy atom. The summed E-state index contributed by atoms with van der Waals surface area (Å²) in [6.45, 7) is 11.4. The van der Waals surface area contributed by atoms with Gasteiger partial charge in [-0.2, -0.15) is 0 Å². The Kier molecular flexibility index (Phi) is 8.72. The minimum atomic E-state index is -0.440. The highest BCUT2D eigenvalue weighted by molar-refractivity contribution is 6.27. The molecule has 2 aliphatic rings. The minimum absolute atomic E-state index is 0.330. The maximum absolute atomic E-state index is 11.6. The van der Waals surface area contributed by atoms with Gasteiger partial charge in [-0.1, -0.05) is 12.8 Å². The van der Waals surface area contributed by atoms with Crippen molar-refractivity contribution >= 4 is 17.7 Å². The van der Waals surface area contributed by atoms with Gasteiger partial charge in [0.15, 0.2) is 5.82 Å². The molecule has 8 nitrogen and oxygen atoms in total. The molecule has 0 aromatic rings. The van der Waals surface area contributed by atoms with Gasteiger partial charge in [-0.15, -0.1) is 0 Å². The lowest BCUT2D eigenvalue weighted by Crippen LogP contribution is -2.91. The van der Waals surface area contributed by atoms with Crippen LogP contribution in [0.1, 0.15) is 46.5 Å². The predicted molar refractivity (Wildman–Crippen MR) is 111 cm³/mol. The molecule has 9 heteroatoms. The molecule has 0 aliphatic carbocycles. The van der Waals surface area contributed by atoms with Crippen molar-refractivity contribution in [2.45, 2.75) is 52.1 Å². The summed E-state index contributed by atoms with van der Waals surface area (Å²) in [6.07, 6.45) is 6.05. The Bertz CT molecular complexity index is 579. The maximum Gasteiger partial charge on any atom is 0.407 e. The number of nitrogens with two attached hydrogens (primary N) is 2. The summed E-state index contributed by atoms with van der Waals surface area (Å²) in [5.41, 5.74) is 11.3. The van der Waals surface area contributed by atoms with E-state index in [4.69, 9.17) is 22.1 Å². The summed E-state index contributed by atoms with van der Waals surface area (Å²) in [7, 11) is 0. The highest BCUT2D eigenvalue weighted by Crippen LogP contribution is 2.15. The van der Waals surface area contributed by atoms with Crippen LogP contribution in [0, 0.1) is 0 Å². The number of nitrogens with one attached hydrogen (secondary N) is 2. The van der Waals surface area contributed by atoms with Gasteiger partial charge in [0, 0.05) is 38.8 Å². The molecule has 0 spiro atoms. The van der Waals surface area contributed by atoms with Crippen LogP contribution in [0.2, 0.25) is 0 Å². The normalized spacial score (nSPS) is 18.6. The van der Waals surface area contributed by atoms with Gasteiger partial charge in [0.25, 0.3) is 0 Å². The van der Waals surface area contributed by atoms with Crippen molar-refractivity contribution in [3.63, 3.8) is 0 Å². The minimum Gasteiger partial charge on any atom is -0.444 e. The number of amides is 1. The van der Waals surface area contributed by atoms with E-state index in [0.29, 0.717) is 17.5 Å². The maximum atomic E-state index is 11.6. The third kappa shape index (κ3) is 8.16. The van der Waals surface area contributed by atoms with Gasteiger partial charge in [0.2, 0.25) is 5.16 Å². The molecule has 1 amide bonds. The molecule has 2 aliphatic heterocycles. The summed E-state index contributed by atoms with van der Waals surface area (Å²) in [5.74, 6) is 0.665. The summed E-state index contributed by atoms with van der Waals surface area (Å²) >= 11 is 6.08. The number of piperazine rings is 1. The van der Waals surface area contributed by atoms with Crippen LogP contribution in [-0.4, -0.2) is 60.8 Å². The largest absolute Gasteiger partial charge is 0.444 e. The molecule has 28 heavy (non-hydrogen) atoms. The number of nitrogens with zero attached hydrogens (tertiary/aromatic N) is 2. The van der Waals surface area contributed by atoms with Gasteiger partial charge < -0.3 is 20.7 Å². The molecular formula is C19H36ClN6O2+. The summed E-state index contributed by atoms with van der Waals surface area (Å²) in [5, 5.41) is 3.48. The number of hydrogen-bond acceptors (Lipinski definition) is 6. The first-order chi connectivity index (χ1) is 13.2. The van der Waals surface area contributed by atoms with Gasteiger partial charge in [-0.05, 0) is 51.8 Å². The van der Waals surface area contributed by atoms with Crippen molar-refractivity contribution in [1.82, 2.24) is 20.5 Å². The quantitative estimate of drug-likeness (QED) is 0.268. The summed E-state index contributed by atoms with van der Waals surface area (Å²) in [4.78, 5) is 16.3. The molecule has 1 fully saturated rings. The van der Waals surface area contributed by atoms with E-state index in [1.165, 1.54) is 12.8 Å². The number of ether oxygens (including phenoxy) is 1. The van der Waals surface area contributed by atoms with E-state index < -0.39 is 5.60 Å². The van der Waals surface area contributed by atoms with Crippen LogP contribution >= 0.6 is 11.6 Å². The van der Waals surface area contributed by atoms with Gasteiger partial charge in [-0.25, -0.2) is 15.6 Å². The number of unbranched alkanes of at least 4 members (excludes halogenated alkanes) is 3. The fraction of sp³-hybridized carbons (Fsp3) is 0.737. The van der Waals surface area contributed by atoms with E-state index in [0.717, 1.165) is 51.3 Å². The summed E-state index contributed by atoms with van der Waals surface area (Å²) < 4.78 is 5.22. The van der Waals surface area contributed by atoms with Crippen molar-refractivity contribution in [2.24, 2.45) is 5.73 Å². The first kappa shape index (κ1) is 22.6. The van der Waals surface area contributed by atoms with Crippen LogP contribution in [0.3, 0.4) is 0 Å². The average Bonchev–Trinajstić information content (AvgIpc) is 2.62. The van der Waals surface area contributed by atoms with Gasteiger partial charge >= 0.3 is 6.09 Å². The van der Waals surface area contributed by atoms with Crippen LogP contribution in [0.4, 0.5) is 4.79 Å². The molecule has 6 N–H and O–H groups in total. The number of allylic oxidation sites excluding steroid dienone is 1. The van der Waals surface area contributed by atoms with Crippen molar-refractivity contribution in [3.8, 4) is 0 Å². The zero-order chi connectivity index (χ0) is 20.6. The molecule has 2 heterocycles. The molecular weight excluding hydrogens is 380 g/mol. The number of carbonyl (C=O) groups is 1. The molecule has 0 aromatic carbocycles. The monoisotopic (exact) mass is 415 g/mol. The fourth-order valence-corrected chi connectivity index (χ4v) is 3.42. The van der Waals surface area contributed by atoms with E-state index in [1.54, 1.807) is 5.43 Å². The molecule has 1 saturated heterocycles. The molecule has 0 radical (unpaired) electrons. The zero-order valence-corrected chi connectivity index (χ0v) is 18.1. The smallest absolute Gasteiger partial charge is 0.407 e. The zero-order valence-electron chi connectivity index (χ0n) is 17.4. The van der Waals surface area contributed by atoms with Crippen LogP contribution in [-0.2, 0) is 4.74 Å². The van der Waals surface area contributed by atoms with Crippen LogP contribution in [0.25, 0.3) is 0 Å². The fourth-order valence-electron chi connectivity index (χ4n) is 3.26. The number of rotatable bonds is 8. The lowest BCUT2D eigenvalue weighted by atomic mass is 10.1. The third-order valence-corrected chi connectivity index (χ3v) is 4.92. The van der Waals surface area contributed by atoms with Crippen molar-refractivity contribution in [3.05, 3.63) is 22.8 Å². The number of hydrogen-bond donors (Lipinski definition) is 4. The van der Waals surface area contributed by atoms with Crippen LogP contribution in [0.5, 0.6) is 0 Å². The van der Waals surface area contributed by atoms with Gasteiger partial charge in [0.05, 0.1) is 5.70 Å². The number of quaternary nitrogens is 1. The second-order valence-corrected chi connectivity index (χ2v) is 8.72. The SMILES string of the molecule is CC(C)(C)OC(=O)NCCCCCCN1CCN(C2=C(N)N[NH2+]C(Cl)=C2)CC1. The van der Waals surface area contributed by atoms with Crippen molar-refractivity contribution in [1.29, 1.82) is 0 Å². The first-order valence-corrected chi connectivity index (χ1v) is 10.5. The Balaban J connectivity index is 1.52. The number of alkyl carbamates (subject to hydrolysis) is 1. The molecule has 160 valence electrons. The molecule has 0 unspecified atom stereocenters. The Labute approximate surface area is 173 Å². The number of halogens is 1. The van der Waals surface area contributed by atoms with E-state index in [2.05, 4.69) is 20.5 Å². The first-order valence-electron chi connectivity index (χ1n) is 10.2.